The van der Waals surface area contributed by atoms with E-state index in [0.29, 0.717) is 5.56 Å². The number of nitrogens with zero attached hydrogens (tertiary/aromatic N) is 1. The predicted molar refractivity (Wildman–Crippen MR) is 72.7 cm³/mol. The first kappa shape index (κ1) is 13.2. The minimum atomic E-state index is -1.29. The molecule has 19 heavy (non-hydrogen) atoms. The summed E-state index contributed by atoms with van der Waals surface area (Å²) in [7, 11) is 0. The van der Waals surface area contributed by atoms with Crippen LogP contribution in [0.4, 0.5) is 5.69 Å². The SMILES string of the molecule is CCc1csc(-c2ccc(C(=O)O)c([N+](=O)[O-])c2)c1. The fourth-order valence-corrected chi connectivity index (χ4v) is 2.72. The van der Waals surface area contributed by atoms with Gasteiger partial charge in [-0.2, -0.15) is 0 Å². The zero-order valence-electron chi connectivity index (χ0n) is 10.1. The fraction of sp³-hybridized carbons (Fsp3) is 0.154. The summed E-state index contributed by atoms with van der Waals surface area (Å²) in [5, 5.41) is 21.8. The predicted octanol–water partition coefficient (Wildman–Crippen LogP) is 3.58. The molecule has 0 aliphatic rings. The topological polar surface area (TPSA) is 80.4 Å². The lowest BCUT2D eigenvalue weighted by Gasteiger charge is -2.01. The first-order valence-corrected chi connectivity index (χ1v) is 6.50. The second-order valence-electron chi connectivity index (χ2n) is 3.97. The highest BCUT2D eigenvalue weighted by Crippen LogP contribution is 2.31. The van der Waals surface area contributed by atoms with Crippen molar-refractivity contribution in [3.63, 3.8) is 0 Å². The van der Waals surface area contributed by atoms with E-state index in [1.807, 2.05) is 18.4 Å². The van der Waals surface area contributed by atoms with E-state index in [2.05, 4.69) is 0 Å². The van der Waals surface area contributed by atoms with Crippen molar-refractivity contribution < 1.29 is 14.8 Å². The Hall–Kier alpha value is -2.21. The summed E-state index contributed by atoms with van der Waals surface area (Å²) in [6.07, 6.45) is 0.895. The molecule has 0 fully saturated rings. The number of thiophene rings is 1. The van der Waals surface area contributed by atoms with Crippen LogP contribution in [0.2, 0.25) is 0 Å². The van der Waals surface area contributed by atoms with Crippen LogP contribution < -0.4 is 0 Å². The Morgan fingerprint density at radius 3 is 2.68 bits per heavy atom. The molecule has 2 aromatic rings. The van der Waals surface area contributed by atoms with E-state index in [0.717, 1.165) is 16.9 Å². The van der Waals surface area contributed by atoms with Gasteiger partial charge < -0.3 is 5.11 Å². The highest BCUT2D eigenvalue weighted by atomic mass is 32.1. The van der Waals surface area contributed by atoms with Gasteiger partial charge in [0.25, 0.3) is 5.69 Å². The molecule has 1 aromatic carbocycles. The van der Waals surface area contributed by atoms with E-state index in [1.165, 1.54) is 23.5 Å². The van der Waals surface area contributed by atoms with Crippen LogP contribution in [0.1, 0.15) is 22.8 Å². The summed E-state index contributed by atoms with van der Waals surface area (Å²) in [5.41, 5.74) is 1.16. The molecule has 0 unspecified atom stereocenters. The number of nitro benzene ring substituents is 1. The molecule has 0 aliphatic heterocycles. The molecule has 5 nitrogen and oxygen atoms in total. The minimum absolute atomic E-state index is 0.291. The smallest absolute Gasteiger partial charge is 0.342 e. The van der Waals surface area contributed by atoms with E-state index < -0.39 is 10.9 Å². The van der Waals surface area contributed by atoms with Crippen LogP contribution in [0.3, 0.4) is 0 Å². The van der Waals surface area contributed by atoms with E-state index in [1.54, 1.807) is 6.07 Å². The van der Waals surface area contributed by atoms with Gasteiger partial charge in [0.1, 0.15) is 5.56 Å². The Kier molecular flexibility index (Phi) is 3.62. The largest absolute Gasteiger partial charge is 0.477 e. The molecule has 98 valence electrons. The molecule has 6 heteroatoms. The third-order valence-electron chi connectivity index (χ3n) is 2.77. The fourth-order valence-electron chi connectivity index (χ4n) is 1.73. The molecule has 0 bridgehead atoms. The molecule has 0 aliphatic carbocycles. The summed E-state index contributed by atoms with van der Waals surface area (Å²) in [6, 6.07) is 6.15. The zero-order chi connectivity index (χ0) is 14.0. The zero-order valence-corrected chi connectivity index (χ0v) is 10.9. The molecule has 0 atom stereocenters. The minimum Gasteiger partial charge on any atom is -0.477 e. The summed E-state index contributed by atoms with van der Waals surface area (Å²) in [5.74, 6) is -1.29. The number of carboxylic acids is 1. The van der Waals surface area contributed by atoms with E-state index >= 15 is 0 Å². The van der Waals surface area contributed by atoms with Crippen molar-refractivity contribution in [3.8, 4) is 10.4 Å². The normalized spacial score (nSPS) is 10.4. The Morgan fingerprint density at radius 2 is 2.16 bits per heavy atom. The molecule has 1 heterocycles. The van der Waals surface area contributed by atoms with Crippen LogP contribution in [-0.2, 0) is 6.42 Å². The Balaban J connectivity index is 2.51. The number of carbonyl (C=O) groups is 1. The van der Waals surface area contributed by atoms with Gasteiger partial charge in [0.2, 0.25) is 0 Å². The van der Waals surface area contributed by atoms with Crippen molar-refractivity contribution >= 4 is 23.0 Å². The number of aryl methyl sites for hydroxylation is 1. The van der Waals surface area contributed by atoms with Crippen molar-refractivity contribution in [2.24, 2.45) is 0 Å². The van der Waals surface area contributed by atoms with Crippen molar-refractivity contribution in [1.82, 2.24) is 0 Å². The van der Waals surface area contributed by atoms with Gasteiger partial charge in [-0.25, -0.2) is 4.79 Å². The maximum atomic E-state index is 10.9. The number of hydrogen-bond acceptors (Lipinski definition) is 4. The van der Waals surface area contributed by atoms with Crippen LogP contribution in [0.5, 0.6) is 0 Å². The third-order valence-corrected chi connectivity index (χ3v) is 3.80. The van der Waals surface area contributed by atoms with Crippen molar-refractivity contribution in [2.45, 2.75) is 13.3 Å². The maximum Gasteiger partial charge on any atom is 0.342 e. The average Bonchev–Trinajstić information content (AvgIpc) is 2.86. The first-order chi connectivity index (χ1) is 9.02. The number of aromatic carboxylic acids is 1. The van der Waals surface area contributed by atoms with Crippen LogP contribution in [-0.4, -0.2) is 16.0 Å². The van der Waals surface area contributed by atoms with Gasteiger partial charge in [-0.05, 0) is 35.1 Å². The maximum absolute atomic E-state index is 10.9. The lowest BCUT2D eigenvalue weighted by molar-refractivity contribution is -0.385. The highest BCUT2D eigenvalue weighted by Gasteiger charge is 2.20. The van der Waals surface area contributed by atoms with Gasteiger partial charge in [0.15, 0.2) is 0 Å². The molecular weight excluding hydrogens is 266 g/mol. The number of carboxylic acid groups (broad SMARTS) is 1. The van der Waals surface area contributed by atoms with Crippen molar-refractivity contribution in [1.29, 1.82) is 0 Å². The summed E-state index contributed by atoms with van der Waals surface area (Å²) >= 11 is 1.49. The van der Waals surface area contributed by atoms with E-state index in [-0.39, 0.29) is 11.3 Å². The highest BCUT2D eigenvalue weighted by molar-refractivity contribution is 7.13. The lowest BCUT2D eigenvalue weighted by Crippen LogP contribution is -2.02. The summed E-state index contributed by atoms with van der Waals surface area (Å²) in [6.45, 7) is 2.03. The molecule has 1 aromatic heterocycles. The van der Waals surface area contributed by atoms with Gasteiger partial charge in [0, 0.05) is 10.9 Å². The number of rotatable bonds is 4. The Morgan fingerprint density at radius 1 is 1.42 bits per heavy atom. The number of nitro groups is 1. The monoisotopic (exact) mass is 277 g/mol. The van der Waals surface area contributed by atoms with Crippen LogP contribution in [0.25, 0.3) is 10.4 Å². The number of hydrogen-bond donors (Lipinski definition) is 1. The Labute approximate surface area is 113 Å². The standard InChI is InChI=1S/C13H11NO4S/c1-2-8-5-12(19-7-8)9-3-4-10(13(15)16)11(6-9)14(17)18/h3-7H,2H2,1H3,(H,15,16). The first-order valence-electron chi connectivity index (χ1n) is 5.62. The molecule has 0 saturated heterocycles. The molecule has 1 N–H and O–H groups in total. The van der Waals surface area contributed by atoms with Crippen molar-refractivity contribution in [2.75, 3.05) is 0 Å². The van der Waals surface area contributed by atoms with Gasteiger partial charge in [-0.1, -0.05) is 13.0 Å². The van der Waals surface area contributed by atoms with Gasteiger partial charge in [-0.15, -0.1) is 11.3 Å². The summed E-state index contributed by atoms with van der Waals surface area (Å²) < 4.78 is 0. The molecular formula is C13H11NO4S. The molecule has 0 saturated carbocycles. The van der Waals surface area contributed by atoms with E-state index in [9.17, 15) is 14.9 Å². The van der Waals surface area contributed by atoms with Crippen LogP contribution >= 0.6 is 11.3 Å². The van der Waals surface area contributed by atoms with Gasteiger partial charge >= 0.3 is 5.97 Å². The van der Waals surface area contributed by atoms with Gasteiger partial charge in [-0.3, -0.25) is 10.1 Å². The molecule has 0 amide bonds. The summed E-state index contributed by atoms with van der Waals surface area (Å²) in [4.78, 5) is 22.1. The van der Waals surface area contributed by atoms with Crippen LogP contribution in [0, 0.1) is 10.1 Å². The third kappa shape index (κ3) is 2.63. The van der Waals surface area contributed by atoms with E-state index in [4.69, 9.17) is 5.11 Å². The molecule has 2 rings (SSSR count). The lowest BCUT2D eigenvalue weighted by atomic mass is 10.1. The van der Waals surface area contributed by atoms with Crippen molar-refractivity contribution in [3.05, 3.63) is 50.9 Å². The molecule has 0 radical (unpaired) electrons. The average molecular weight is 277 g/mol. The van der Waals surface area contributed by atoms with Crippen LogP contribution in [0.15, 0.2) is 29.6 Å². The second-order valence-corrected chi connectivity index (χ2v) is 4.88. The second kappa shape index (κ2) is 5.19. The van der Waals surface area contributed by atoms with Gasteiger partial charge in [0.05, 0.1) is 4.92 Å². The number of benzene rings is 1. The molecule has 0 spiro atoms. The quantitative estimate of drug-likeness (QED) is 0.684. The Bertz CT molecular complexity index is 648.